The molecule has 0 unspecified atom stereocenters. The fourth-order valence-electron chi connectivity index (χ4n) is 4.22. The third-order valence-corrected chi connectivity index (χ3v) is 5.87. The summed E-state index contributed by atoms with van der Waals surface area (Å²) >= 11 is 0. The van der Waals surface area contributed by atoms with Crippen LogP contribution >= 0.6 is 0 Å². The number of ether oxygens (including phenoxy) is 1. The van der Waals surface area contributed by atoms with Gasteiger partial charge in [-0.2, -0.15) is 5.10 Å². The Hall–Kier alpha value is -3.39. The maximum atomic E-state index is 11.8. The number of nitrogens with two attached hydrogens (primary N) is 1. The van der Waals surface area contributed by atoms with E-state index in [1.54, 1.807) is 12.3 Å². The highest BCUT2D eigenvalue weighted by Gasteiger charge is 2.18. The maximum absolute atomic E-state index is 11.8. The lowest BCUT2D eigenvalue weighted by Gasteiger charge is -2.22. The lowest BCUT2D eigenvalue weighted by Crippen LogP contribution is -2.30. The standard InChI is InChI=1S/C22H24N6O2/c1-28-11-18(15-9-19(21(23)29)26-22-17(15)10-25-27-22)16-8-14(2-3-20(16)28)30-12-13-4-6-24-7-5-13/h2-3,8-11,13,24H,4-7,12H2,1H3,(H2,23,29)(H,25,26,27). The Morgan fingerprint density at radius 3 is 2.87 bits per heavy atom. The van der Waals surface area contributed by atoms with Crippen molar-refractivity contribution in [3.05, 3.63) is 42.4 Å². The number of aromatic nitrogens is 4. The minimum absolute atomic E-state index is 0.206. The van der Waals surface area contributed by atoms with E-state index in [2.05, 4.69) is 37.2 Å². The van der Waals surface area contributed by atoms with Crippen LogP contribution in [-0.4, -0.2) is 45.4 Å². The van der Waals surface area contributed by atoms with E-state index in [0.29, 0.717) is 11.6 Å². The number of carbonyl (C=O) groups excluding carboxylic acids is 1. The van der Waals surface area contributed by atoms with Crippen LogP contribution < -0.4 is 15.8 Å². The minimum atomic E-state index is -0.570. The number of piperidine rings is 1. The summed E-state index contributed by atoms with van der Waals surface area (Å²) in [7, 11) is 2.00. The molecule has 0 radical (unpaired) electrons. The molecule has 154 valence electrons. The van der Waals surface area contributed by atoms with E-state index in [-0.39, 0.29) is 5.69 Å². The molecule has 8 heteroatoms. The van der Waals surface area contributed by atoms with Gasteiger partial charge in [0, 0.05) is 35.1 Å². The van der Waals surface area contributed by atoms with Crippen LogP contribution in [0.5, 0.6) is 5.75 Å². The van der Waals surface area contributed by atoms with Gasteiger partial charge in [0.1, 0.15) is 11.4 Å². The van der Waals surface area contributed by atoms with Crippen LogP contribution in [0, 0.1) is 5.92 Å². The van der Waals surface area contributed by atoms with Gasteiger partial charge < -0.3 is 20.4 Å². The molecule has 0 spiro atoms. The number of H-pyrrole nitrogens is 1. The maximum Gasteiger partial charge on any atom is 0.267 e. The molecule has 0 saturated carbocycles. The molecule has 5 rings (SSSR count). The van der Waals surface area contributed by atoms with Crippen LogP contribution in [-0.2, 0) is 7.05 Å². The number of carbonyl (C=O) groups is 1. The molecular formula is C22H24N6O2. The highest BCUT2D eigenvalue weighted by Crippen LogP contribution is 2.36. The van der Waals surface area contributed by atoms with Crippen molar-refractivity contribution >= 4 is 27.8 Å². The monoisotopic (exact) mass is 404 g/mol. The first-order chi connectivity index (χ1) is 14.6. The summed E-state index contributed by atoms with van der Waals surface area (Å²) in [6, 6.07) is 7.89. The van der Waals surface area contributed by atoms with Crippen molar-refractivity contribution in [1.29, 1.82) is 0 Å². The molecule has 4 aromatic rings. The van der Waals surface area contributed by atoms with Crippen molar-refractivity contribution in [2.75, 3.05) is 19.7 Å². The largest absolute Gasteiger partial charge is 0.493 e. The number of primary amides is 1. The second kappa shape index (κ2) is 7.46. The van der Waals surface area contributed by atoms with Crippen molar-refractivity contribution in [2.24, 2.45) is 18.7 Å². The van der Waals surface area contributed by atoms with Gasteiger partial charge in [-0.1, -0.05) is 0 Å². The zero-order chi connectivity index (χ0) is 20.7. The number of nitrogens with one attached hydrogen (secondary N) is 2. The smallest absolute Gasteiger partial charge is 0.267 e. The van der Waals surface area contributed by atoms with Crippen LogP contribution in [0.2, 0.25) is 0 Å². The molecule has 1 aliphatic rings. The molecule has 0 aliphatic carbocycles. The number of aryl methyl sites for hydroxylation is 1. The average molecular weight is 404 g/mol. The zero-order valence-corrected chi connectivity index (χ0v) is 16.8. The first-order valence-electron chi connectivity index (χ1n) is 10.2. The van der Waals surface area contributed by atoms with Crippen molar-refractivity contribution < 1.29 is 9.53 Å². The molecule has 4 heterocycles. The number of nitrogens with zero attached hydrogens (tertiary/aromatic N) is 3. The summed E-state index contributed by atoms with van der Waals surface area (Å²) in [5.41, 5.74) is 9.18. The van der Waals surface area contributed by atoms with Gasteiger partial charge in [0.2, 0.25) is 0 Å². The van der Waals surface area contributed by atoms with Crippen LogP contribution in [0.4, 0.5) is 0 Å². The zero-order valence-electron chi connectivity index (χ0n) is 16.8. The number of pyridine rings is 1. The molecule has 1 aromatic carbocycles. The number of aromatic amines is 1. The van der Waals surface area contributed by atoms with Gasteiger partial charge in [0.25, 0.3) is 5.91 Å². The van der Waals surface area contributed by atoms with Crippen molar-refractivity contribution in [3.8, 4) is 16.9 Å². The van der Waals surface area contributed by atoms with Crippen LogP contribution in [0.25, 0.3) is 33.1 Å². The highest BCUT2D eigenvalue weighted by atomic mass is 16.5. The first-order valence-corrected chi connectivity index (χ1v) is 10.2. The third-order valence-electron chi connectivity index (χ3n) is 5.87. The first kappa shape index (κ1) is 18.6. The molecule has 0 atom stereocenters. The quantitative estimate of drug-likeness (QED) is 0.473. The van der Waals surface area contributed by atoms with Gasteiger partial charge in [-0.05, 0) is 61.7 Å². The summed E-state index contributed by atoms with van der Waals surface area (Å²) in [6.07, 6.45) is 6.06. The molecule has 1 amide bonds. The van der Waals surface area contributed by atoms with E-state index in [4.69, 9.17) is 10.5 Å². The van der Waals surface area contributed by atoms with Crippen LogP contribution in [0.3, 0.4) is 0 Å². The molecule has 1 saturated heterocycles. The molecular weight excluding hydrogens is 380 g/mol. The van der Waals surface area contributed by atoms with E-state index >= 15 is 0 Å². The lowest BCUT2D eigenvalue weighted by molar-refractivity contribution is 0.0996. The number of hydrogen-bond acceptors (Lipinski definition) is 5. The van der Waals surface area contributed by atoms with Gasteiger partial charge >= 0.3 is 0 Å². The number of benzene rings is 1. The normalized spacial score (nSPS) is 15.1. The fourth-order valence-corrected chi connectivity index (χ4v) is 4.22. The van der Waals surface area contributed by atoms with Crippen LogP contribution in [0.15, 0.2) is 36.7 Å². The lowest BCUT2D eigenvalue weighted by atomic mass is 9.99. The summed E-state index contributed by atoms with van der Waals surface area (Å²) < 4.78 is 8.21. The predicted molar refractivity (Wildman–Crippen MR) is 115 cm³/mol. The van der Waals surface area contributed by atoms with Gasteiger partial charge in [-0.3, -0.25) is 9.89 Å². The number of fused-ring (bicyclic) bond motifs is 2. The van der Waals surface area contributed by atoms with Crippen LogP contribution in [0.1, 0.15) is 23.3 Å². The number of rotatable bonds is 5. The van der Waals surface area contributed by atoms with E-state index in [1.807, 2.05) is 19.3 Å². The third kappa shape index (κ3) is 3.29. The van der Waals surface area contributed by atoms with Gasteiger partial charge in [0.15, 0.2) is 5.65 Å². The molecule has 30 heavy (non-hydrogen) atoms. The predicted octanol–water partition coefficient (Wildman–Crippen LogP) is 2.59. The molecule has 3 aromatic heterocycles. The Morgan fingerprint density at radius 1 is 1.23 bits per heavy atom. The summed E-state index contributed by atoms with van der Waals surface area (Å²) in [6.45, 7) is 2.84. The summed E-state index contributed by atoms with van der Waals surface area (Å²) in [5.74, 6) is 0.862. The van der Waals surface area contributed by atoms with Crippen molar-refractivity contribution in [1.82, 2.24) is 25.1 Å². The van der Waals surface area contributed by atoms with Gasteiger partial charge in [-0.25, -0.2) is 4.98 Å². The Bertz CT molecular complexity index is 1240. The Kier molecular flexibility index (Phi) is 4.63. The Balaban J connectivity index is 1.57. The minimum Gasteiger partial charge on any atom is -0.493 e. The van der Waals surface area contributed by atoms with E-state index in [9.17, 15) is 4.79 Å². The van der Waals surface area contributed by atoms with Crippen molar-refractivity contribution in [3.63, 3.8) is 0 Å². The van der Waals surface area contributed by atoms with Gasteiger partial charge in [0.05, 0.1) is 12.8 Å². The molecule has 1 aliphatic heterocycles. The van der Waals surface area contributed by atoms with E-state index in [1.165, 1.54) is 0 Å². The summed E-state index contributed by atoms with van der Waals surface area (Å²) in [5, 5.41) is 12.2. The molecule has 4 N–H and O–H groups in total. The van der Waals surface area contributed by atoms with Crippen molar-refractivity contribution in [2.45, 2.75) is 12.8 Å². The Morgan fingerprint density at radius 2 is 2.07 bits per heavy atom. The molecule has 8 nitrogen and oxygen atoms in total. The molecule has 1 fully saturated rings. The SMILES string of the molecule is Cn1cc(-c2cc(C(N)=O)nc3[nH]ncc23)c2cc(OCC3CCNCC3)ccc21. The second-order valence-electron chi connectivity index (χ2n) is 7.89. The van der Waals surface area contributed by atoms with E-state index in [0.717, 1.165) is 65.7 Å². The number of hydrogen-bond donors (Lipinski definition) is 3. The Labute approximate surface area is 173 Å². The topological polar surface area (TPSA) is 111 Å². The molecule has 0 bridgehead atoms. The van der Waals surface area contributed by atoms with E-state index < -0.39 is 5.91 Å². The fraction of sp³-hybridized carbons (Fsp3) is 0.318. The highest BCUT2D eigenvalue weighted by molar-refractivity contribution is 6.06. The van der Waals surface area contributed by atoms with Gasteiger partial charge in [-0.15, -0.1) is 0 Å². The number of amides is 1. The summed E-state index contributed by atoms with van der Waals surface area (Å²) in [4.78, 5) is 16.1. The second-order valence-corrected chi connectivity index (χ2v) is 7.89. The average Bonchev–Trinajstić information content (AvgIpc) is 3.36.